The van der Waals surface area contributed by atoms with Gasteiger partial charge in [0.25, 0.3) is 0 Å². The minimum absolute atomic E-state index is 0.385. The average Bonchev–Trinajstić information content (AvgIpc) is 2.58. The Morgan fingerprint density at radius 3 is 1.59 bits per heavy atom. The van der Waals surface area contributed by atoms with Crippen molar-refractivity contribution in [2.75, 3.05) is 14.2 Å². The van der Waals surface area contributed by atoms with Crippen LogP contribution in [0.1, 0.15) is 73.3 Å². The normalized spacial score (nSPS) is 13.1. The fourth-order valence-corrected chi connectivity index (χ4v) is 2.00. The number of rotatable bonds is 6. The van der Waals surface area contributed by atoms with Crippen LogP contribution in [-0.4, -0.2) is 20.0 Å². The van der Waals surface area contributed by atoms with Crippen LogP contribution in [0.3, 0.4) is 0 Å². The molecule has 0 saturated heterocycles. The van der Waals surface area contributed by atoms with Crippen LogP contribution in [0.15, 0.2) is 30.3 Å². The highest BCUT2D eigenvalue weighted by molar-refractivity contribution is 5.23. The van der Waals surface area contributed by atoms with Crippen molar-refractivity contribution in [2.24, 2.45) is 0 Å². The number of hydrogen-bond acceptors (Lipinski definition) is 2. The summed E-state index contributed by atoms with van der Waals surface area (Å²) in [5.41, 5.74) is 1.87. The van der Waals surface area contributed by atoms with Gasteiger partial charge in [-0.15, -0.1) is 0 Å². The van der Waals surface area contributed by atoms with Crippen LogP contribution in [0.25, 0.3) is 0 Å². The second-order valence-corrected chi connectivity index (χ2v) is 5.84. The van der Waals surface area contributed by atoms with Gasteiger partial charge in [-0.25, -0.2) is 0 Å². The van der Waals surface area contributed by atoms with E-state index < -0.39 is 5.79 Å². The third kappa shape index (κ3) is 9.22. The topological polar surface area (TPSA) is 18.5 Å². The van der Waals surface area contributed by atoms with E-state index in [0.29, 0.717) is 5.41 Å². The van der Waals surface area contributed by atoms with Gasteiger partial charge in [0.15, 0.2) is 5.79 Å². The SMILES string of the molecule is CC.CCCC(C)(CC)c1ccccc1.COC(C)(C)OC. The van der Waals surface area contributed by atoms with Crippen molar-refractivity contribution in [1.82, 2.24) is 0 Å². The zero-order valence-electron chi connectivity index (χ0n) is 16.3. The summed E-state index contributed by atoms with van der Waals surface area (Å²) in [6.07, 6.45) is 3.78. The second kappa shape index (κ2) is 12.7. The lowest BCUT2D eigenvalue weighted by Gasteiger charge is -2.28. The highest BCUT2D eigenvalue weighted by Crippen LogP contribution is 2.31. The quantitative estimate of drug-likeness (QED) is 0.583. The maximum Gasteiger partial charge on any atom is 0.161 e. The van der Waals surface area contributed by atoms with Gasteiger partial charge in [0.1, 0.15) is 0 Å². The number of hydrogen-bond donors (Lipinski definition) is 0. The third-order valence-electron chi connectivity index (χ3n) is 4.04. The molecule has 0 aliphatic rings. The third-order valence-corrected chi connectivity index (χ3v) is 4.04. The standard InChI is InChI=1S/C13H20.C5H12O2.C2H6/c1-4-11-13(3,5-2)12-9-7-6-8-10-12;1-5(2,6-3)7-4;1-2/h6-10H,4-5,11H2,1-3H3;1-4H3;1-2H3. The summed E-state index contributed by atoms with van der Waals surface area (Å²) in [7, 11) is 3.23. The molecule has 0 bridgehead atoms. The van der Waals surface area contributed by atoms with Crippen LogP contribution >= 0.6 is 0 Å². The van der Waals surface area contributed by atoms with Gasteiger partial charge in [0.2, 0.25) is 0 Å². The van der Waals surface area contributed by atoms with Gasteiger partial charge in [0.05, 0.1) is 0 Å². The van der Waals surface area contributed by atoms with Crippen LogP contribution in [-0.2, 0) is 14.9 Å². The van der Waals surface area contributed by atoms with Crippen molar-refractivity contribution in [1.29, 1.82) is 0 Å². The largest absolute Gasteiger partial charge is 0.354 e. The number of ether oxygens (including phenoxy) is 2. The molecule has 1 unspecified atom stereocenters. The average molecular weight is 311 g/mol. The Hall–Kier alpha value is -0.860. The minimum Gasteiger partial charge on any atom is -0.354 e. The van der Waals surface area contributed by atoms with E-state index in [1.165, 1.54) is 24.8 Å². The fourth-order valence-electron chi connectivity index (χ4n) is 2.00. The molecule has 0 amide bonds. The Kier molecular flexibility index (Phi) is 13.5. The molecule has 1 aromatic rings. The Balaban J connectivity index is 0. The lowest BCUT2D eigenvalue weighted by Crippen LogP contribution is -2.24. The molecule has 2 heteroatoms. The minimum atomic E-state index is -0.417. The molecule has 0 heterocycles. The van der Waals surface area contributed by atoms with Crippen LogP contribution < -0.4 is 0 Å². The molecule has 0 spiro atoms. The molecule has 0 N–H and O–H groups in total. The van der Waals surface area contributed by atoms with Crippen LogP contribution in [0, 0.1) is 0 Å². The predicted molar refractivity (Wildman–Crippen MR) is 98.4 cm³/mol. The summed E-state index contributed by atoms with van der Waals surface area (Å²) in [5, 5.41) is 0. The second-order valence-electron chi connectivity index (χ2n) is 5.84. The Labute approximate surface area is 139 Å². The molecule has 0 saturated carbocycles. The van der Waals surface area contributed by atoms with Gasteiger partial charge in [0, 0.05) is 14.2 Å². The van der Waals surface area contributed by atoms with E-state index in [1.54, 1.807) is 14.2 Å². The summed E-state index contributed by atoms with van der Waals surface area (Å²) in [5.74, 6) is -0.417. The maximum atomic E-state index is 4.86. The van der Waals surface area contributed by atoms with E-state index in [-0.39, 0.29) is 0 Å². The van der Waals surface area contributed by atoms with Crippen LogP contribution in [0.2, 0.25) is 0 Å². The molecular weight excluding hydrogens is 272 g/mol. The smallest absolute Gasteiger partial charge is 0.161 e. The van der Waals surface area contributed by atoms with Crippen molar-refractivity contribution in [3.8, 4) is 0 Å². The van der Waals surface area contributed by atoms with Crippen LogP contribution in [0.4, 0.5) is 0 Å². The first-order chi connectivity index (χ1) is 10.3. The maximum absolute atomic E-state index is 4.86. The summed E-state index contributed by atoms with van der Waals surface area (Å²) in [4.78, 5) is 0. The van der Waals surface area contributed by atoms with E-state index >= 15 is 0 Å². The predicted octanol–water partition coefficient (Wildman–Crippen LogP) is 6.20. The highest BCUT2D eigenvalue weighted by atomic mass is 16.7. The van der Waals surface area contributed by atoms with Crippen molar-refractivity contribution >= 4 is 0 Å². The molecule has 0 radical (unpaired) electrons. The molecule has 0 aromatic heterocycles. The van der Waals surface area contributed by atoms with E-state index in [1.807, 2.05) is 27.7 Å². The van der Waals surface area contributed by atoms with E-state index in [4.69, 9.17) is 9.47 Å². The highest BCUT2D eigenvalue weighted by Gasteiger charge is 2.22. The lowest BCUT2D eigenvalue weighted by atomic mass is 9.77. The van der Waals surface area contributed by atoms with Gasteiger partial charge in [-0.2, -0.15) is 0 Å². The molecule has 130 valence electrons. The zero-order valence-corrected chi connectivity index (χ0v) is 16.3. The Bertz CT molecular complexity index is 340. The first kappa shape index (κ1) is 23.4. The lowest BCUT2D eigenvalue weighted by molar-refractivity contribution is -0.178. The first-order valence-corrected chi connectivity index (χ1v) is 8.51. The van der Waals surface area contributed by atoms with Gasteiger partial charge >= 0.3 is 0 Å². The fraction of sp³-hybridized carbons (Fsp3) is 0.700. The van der Waals surface area contributed by atoms with Gasteiger partial charge in [-0.05, 0) is 37.7 Å². The van der Waals surface area contributed by atoms with Crippen LogP contribution in [0.5, 0.6) is 0 Å². The Morgan fingerprint density at radius 2 is 1.32 bits per heavy atom. The monoisotopic (exact) mass is 310 g/mol. The molecular formula is C20H38O2. The van der Waals surface area contributed by atoms with Crippen molar-refractivity contribution < 1.29 is 9.47 Å². The van der Waals surface area contributed by atoms with Crippen molar-refractivity contribution in [3.63, 3.8) is 0 Å². The molecule has 1 atom stereocenters. The molecule has 1 aromatic carbocycles. The summed E-state index contributed by atoms with van der Waals surface area (Å²) >= 11 is 0. The summed E-state index contributed by atoms with van der Waals surface area (Å²) in [6, 6.07) is 10.9. The van der Waals surface area contributed by atoms with E-state index in [9.17, 15) is 0 Å². The number of benzene rings is 1. The van der Waals surface area contributed by atoms with Crippen molar-refractivity contribution in [3.05, 3.63) is 35.9 Å². The molecule has 0 aliphatic heterocycles. The molecule has 0 aliphatic carbocycles. The number of methoxy groups -OCH3 is 2. The molecule has 0 fully saturated rings. The van der Waals surface area contributed by atoms with E-state index in [0.717, 1.165) is 0 Å². The van der Waals surface area contributed by atoms with Crippen molar-refractivity contribution in [2.45, 2.75) is 78.9 Å². The van der Waals surface area contributed by atoms with Gasteiger partial charge in [-0.1, -0.05) is 71.4 Å². The summed E-state index contributed by atoms with van der Waals surface area (Å²) < 4.78 is 9.73. The Morgan fingerprint density at radius 1 is 0.864 bits per heavy atom. The molecule has 1 rings (SSSR count). The van der Waals surface area contributed by atoms with Gasteiger partial charge < -0.3 is 9.47 Å². The van der Waals surface area contributed by atoms with Gasteiger partial charge in [-0.3, -0.25) is 0 Å². The van der Waals surface area contributed by atoms with E-state index in [2.05, 4.69) is 51.1 Å². The molecule has 22 heavy (non-hydrogen) atoms. The molecule has 2 nitrogen and oxygen atoms in total. The zero-order chi connectivity index (χ0) is 17.6. The first-order valence-electron chi connectivity index (χ1n) is 8.51. The summed E-state index contributed by atoms with van der Waals surface area (Å²) in [6.45, 7) is 14.6.